The molecule has 0 saturated carbocycles. The van der Waals surface area contributed by atoms with Crippen molar-refractivity contribution in [3.05, 3.63) is 104 Å². The van der Waals surface area contributed by atoms with Crippen molar-refractivity contribution in [3.8, 4) is 10.7 Å². The van der Waals surface area contributed by atoms with Crippen LogP contribution in [0.4, 0.5) is 0 Å². The first-order valence-corrected chi connectivity index (χ1v) is 13.5. The summed E-state index contributed by atoms with van der Waals surface area (Å²) >= 11 is 3.41. The molecule has 0 bridgehead atoms. The number of rotatable bonds is 2. The van der Waals surface area contributed by atoms with Crippen LogP contribution < -0.4 is 5.56 Å². The van der Waals surface area contributed by atoms with Crippen LogP contribution in [0.1, 0.15) is 48.0 Å². The van der Waals surface area contributed by atoms with Crippen LogP contribution in [-0.4, -0.2) is 19.9 Å². The van der Waals surface area contributed by atoms with Crippen molar-refractivity contribution < 1.29 is 0 Å². The molecule has 5 rings (SSSR count). The van der Waals surface area contributed by atoms with Crippen LogP contribution in [0.2, 0.25) is 0 Å². The van der Waals surface area contributed by atoms with Gasteiger partial charge in [0.2, 0.25) is 5.56 Å². The third-order valence-electron chi connectivity index (χ3n) is 4.83. The Bertz CT molecular complexity index is 1430. The smallest absolute Gasteiger partial charge is 0.248 e. The molecule has 188 valence electrons. The fraction of sp³-hybridized carbons (Fsp3) is 0.241. The fourth-order valence-corrected chi connectivity index (χ4v) is 4.47. The summed E-state index contributed by atoms with van der Waals surface area (Å²) in [5.74, 6) is 0. The zero-order chi connectivity index (χ0) is 26.5. The van der Waals surface area contributed by atoms with Gasteiger partial charge in [0, 0.05) is 39.9 Å². The largest absolute Gasteiger partial charge is 0.322 e. The number of fused-ring (bicyclic) bond motifs is 1. The molecule has 0 unspecified atom stereocenters. The molecule has 1 aromatic carbocycles. The molecule has 36 heavy (non-hydrogen) atoms. The summed E-state index contributed by atoms with van der Waals surface area (Å²) in [6, 6.07) is 15.2. The lowest BCUT2D eigenvalue weighted by Crippen LogP contribution is -2.01. The number of benzene rings is 1. The number of nitrogens with one attached hydrogen (secondary N) is 1. The topological polar surface area (TPSA) is 71.5 Å². The van der Waals surface area contributed by atoms with E-state index in [0.29, 0.717) is 0 Å². The van der Waals surface area contributed by atoms with E-state index in [1.807, 2.05) is 96.4 Å². The van der Waals surface area contributed by atoms with Crippen LogP contribution >= 0.6 is 22.7 Å². The average Bonchev–Trinajstić information content (AvgIpc) is 3.54. The lowest BCUT2D eigenvalue weighted by Gasteiger charge is -1.97. The summed E-state index contributed by atoms with van der Waals surface area (Å²) < 4.78 is 0. The summed E-state index contributed by atoms with van der Waals surface area (Å²) in [6.45, 7) is 14.3. The second-order valence-corrected chi connectivity index (χ2v) is 10.1. The van der Waals surface area contributed by atoms with Crippen LogP contribution in [0.15, 0.2) is 78.0 Å². The molecule has 0 aliphatic heterocycles. The molecule has 1 N–H and O–H groups in total. The van der Waals surface area contributed by atoms with E-state index < -0.39 is 0 Å². The maximum Gasteiger partial charge on any atom is 0.248 e. The Labute approximate surface area is 221 Å². The van der Waals surface area contributed by atoms with Gasteiger partial charge in [-0.05, 0) is 75.9 Å². The van der Waals surface area contributed by atoms with E-state index in [9.17, 15) is 4.79 Å². The van der Waals surface area contributed by atoms with Gasteiger partial charge in [-0.1, -0.05) is 37.6 Å². The number of aromatic amines is 1. The Balaban J connectivity index is 0.000000185. The van der Waals surface area contributed by atoms with Gasteiger partial charge in [-0.15, -0.1) is 22.7 Å². The number of allylic oxidation sites excluding steroid dienone is 2. The number of pyridine rings is 2. The predicted octanol–water partition coefficient (Wildman–Crippen LogP) is 8.25. The molecule has 0 aliphatic carbocycles. The SMILES string of the molecule is C/C=C(\C)c1cnc(C)s1.CC.Cc1ccc2[nH]c(=O)ccc2c1.Cc1cnc(-c2ccccn2)s1. The van der Waals surface area contributed by atoms with Crippen molar-refractivity contribution in [1.29, 1.82) is 0 Å². The first-order chi connectivity index (χ1) is 17.4. The van der Waals surface area contributed by atoms with Gasteiger partial charge in [0.1, 0.15) is 5.01 Å². The second-order valence-electron chi connectivity index (χ2n) is 7.62. The molecule has 0 fully saturated rings. The zero-order valence-electron chi connectivity index (χ0n) is 22.0. The van der Waals surface area contributed by atoms with Crippen LogP contribution in [-0.2, 0) is 0 Å². The maximum atomic E-state index is 10.9. The average molecular weight is 519 g/mol. The summed E-state index contributed by atoms with van der Waals surface area (Å²) in [7, 11) is 0. The van der Waals surface area contributed by atoms with Crippen LogP contribution in [0.3, 0.4) is 0 Å². The number of aryl methyl sites for hydroxylation is 3. The van der Waals surface area contributed by atoms with Gasteiger partial charge in [0.05, 0.1) is 10.7 Å². The van der Waals surface area contributed by atoms with E-state index in [1.165, 1.54) is 20.9 Å². The van der Waals surface area contributed by atoms with Crippen LogP contribution in [0.5, 0.6) is 0 Å². The van der Waals surface area contributed by atoms with Crippen molar-refractivity contribution in [2.75, 3.05) is 0 Å². The van der Waals surface area contributed by atoms with E-state index in [1.54, 1.807) is 34.9 Å². The molecule has 5 nitrogen and oxygen atoms in total. The minimum absolute atomic E-state index is 0.0497. The van der Waals surface area contributed by atoms with Gasteiger partial charge in [0.25, 0.3) is 0 Å². The van der Waals surface area contributed by atoms with Gasteiger partial charge < -0.3 is 4.98 Å². The molecule has 0 aliphatic rings. The quantitative estimate of drug-likeness (QED) is 0.255. The predicted molar refractivity (Wildman–Crippen MR) is 157 cm³/mol. The molecule has 5 aromatic rings. The third-order valence-corrected chi connectivity index (χ3v) is 6.81. The lowest BCUT2D eigenvalue weighted by molar-refractivity contribution is 1.29. The molecular formula is C29H34N4OS2. The molecule has 0 spiro atoms. The number of nitrogens with zero attached hydrogens (tertiary/aromatic N) is 3. The monoisotopic (exact) mass is 518 g/mol. The molecular weight excluding hydrogens is 484 g/mol. The molecule has 4 heterocycles. The zero-order valence-corrected chi connectivity index (χ0v) is 23.6. The molecule has 0 saturated heterocycles. The normalized spacial score (nSPS) is 10.4. The van der Waals surface area contributed by atoms with Crippen molar-refractivity contribution in [1.82, 2.24) is 19.9 Å². The highest BCUT2D eigenvalue weighted by Crippen LogP contribution is 2.22. The molecule has 0 amide bonds. The standard InChI is InChI=1S/C10H9NO.C9H8N2S.C8H11NS.C2H6/c1-7-2-4-9-8(6-7)3-5-10(12)11-9;1-7-6-11-9(12-7)8-4-2-3-5-10-8;1-4-6(2)8-5-9-7(3)10-8;1-2/h2-6H,1H3,(H,11,12);2-6H,1H3;4-5H,1-3H3;1-2H3/b;;6-4+;. The maximum absolute atomic E-state index is 10.9. The fourth-order valence-electron chi connectivity index (χ4n) is 2.92. The van der Waals surface area contributed by atoms with Gasteiger partial charge in [-0.25, -0.2) is 9.97 Å². The highest BCUT2D eigenvalue weighted by atomic mass is 32.1. The van der Waals surface area contributed by atoms with Crippen molar-refractivity contribution in [2.24, 2.45) is 0 Å². The van der Waals surface area contributed by atoms with E-state index in [2.05, 4.69) is 32.9 Å². The first-order valence-electron chi connectivity index (χ1n) is 11.8. The molecule has 7 heteroatoms. The molecule has 4 aromatic heterocycles. The number of thiazole rings is 2. The van der Waals surface area contributed by atoms with Crippen LogP contribution in [0, 0.1) is 20.8 Å². The summed E-state index contributed by atoms with van der Waals surface area (Å²) in [5.41, 5.74) is 4.32. The van der Waals surface area contributed by atoms with Crippen molar-refractivity contribution in [2.45, 2.75) is 48.5 Å². The van der Waals surface area contributed by atoms with Gasteiger partial charge >= 0.3 is 0 Å². The number of hydrogen-bond acceptors (Lipinski definition) is 6. The second kappa shape index (κ2) is 14.9. The van der Waals surface area contributed by atoms with E-state index in [-0.39, 0.29) is 5.56 Å². The Kier molecular flexibility index (Phi) is 11.9. The number of H-pyrrole nitrogens is 1. The number of aromatic nitrogens is 4. The Morgan fingerprint density at radius 3 is 2.28 bits per heavy atom. The number of hydrogen-bond donors (Lipinski definition) is 1. The van der Waals surface area contributed by atoms with E-state index in [4.69, 9.17) is 0 Å². The summed E-state index contributed by atoms with van der Waals surface area (Å²) in [4.78, 5) is 28.8. The van der Waals surface area contributed by atoms with E-state index in [0.717, 1.165) is 26.6 Å². The van der Waals surface area contributed by atoms with Crippen LogP contribution in [0.25, 0.3) is 27.2 Å². The Morgan fingerprint density at radius 1 is 0.917 bits per heavy atom. The molecule has 0 atom stereocenters. The minimum Gasteiger partial charge on any atom is -0.322 e. The molecule has 0 radical (unpaired) electrons. The van der Waals surface area contributed by atoms with Gasteiger partial charge in [0.15, 0.2) is 0 Å². The summed E-state index contributed by atoms with van der Waals surface area (Å²) in [5, 5.41) is 3.21. The Hall–Kier alpha value is -3.42. The van der Waals surface area contributed by atoms with Gasteiger partial charge in [-0.2, -0.15) is 0 Å². The third kappa shape index (κ3) is 8.98. The lowest BCUT2D eigenvalue weighted by atomic mass is 10.1. The minimum atomic E-state index is -0.0497. The van der Waals surface area contributed by atoms with Crippen molar-refractivity contribution >= 4 is 39.1 Å². The van der Waals surface area contributed by atoms with Crippen molar-refractivity contribution in [3.63, 3.8) is 0 Å². The van der Waals surface area contributed by atoms with E-state index >= 15 is 0 Å². The highest BCUT2D eigenvalue weighted by Gasteiger charge is 2.01. The van der Waals surface area contributed by atoms with Gasteiger partial charge in [-0.3, -0.25) is 9.78 Å². The highest BCUT2D eigenvalue weighted by molar-refractivity contribution is 7.14. The summed E-state index contributed by atoms with van der Waals surface area (Å²) in [6.07, 6.45) is 7.68. The first kappa shape index (κ1) is 28.8. The Morgan fingerprint density at radius 2 is 1.69 bits per heavy atom.